The van der Waals surface area contributed by atoms with E-state index in [4.69, 9.17) is 0 Å². The number of hydrogen-bond donors (Lipinski definition) is 2. The molecule has 0 spiro atoms. The predicted molar refractivity (Wildman–Crippen MR) is 99.5 cm³/mol. The predicted octanol–water partition coefficient (Wildman–Crippen LogP) is 2.54. The molecule has 1 atom stereocenters. The van der Waals surface area contributed by atoms with Crippen LogP contribution >= 0.6 is 35.3 Å². The largest absolute Gasteiger partial charge is 0.354 e. The molecule has 0 aliphatic carbocycles. The summed E-state index contributed by atoms with van der Waals surface area (Å²) in [5.41, 5.74) is 1.04. The van der Waals surface area contributed by atoms with Crippen molar-refractivity contribution in [1.29, 1.82) is 0 Å². The van der Waals surface area contributed by atoms with Gasteiger partial charge in [-0.05, 0) is 12.8 Å². The highest BCUT2D eigenvalue weighted by atomic mass is 127. The number of thiazole rings is 1. The SMILES string of the molecule is CN=C(NCc1csc(N(C)C)n1)NC(C)C(C)C.I. The zero-order chi connectivity index (χ0) is 14.4. The molecule has 1 heterocycles. The van der Waals surface area contributed by atoms with Crippen LogP contribution in [-0.2, 0) is 6.54 Å². The number of anilines is 1. The molecule has 1 rings (SSSR count). The van der Waals surface area contributed by atoms with E-state index < -0.39 is 0 Å². The maximum absolute atomic E-state index is 4.53. The topological polar surface area (TPSA) is 52.6 Å². The van der Waals surface area contributed by atoms with Gasteiger partial charge >= 0.3 is 0 Å². The molecule has 5 nitrogen and oxygen atoms in total. The minimum atomic E-state index is 0. The van der Waals surface area contributed by atoms with Gasteiger partial charge in [0.15, 0.2) is 11.1 Å². The fraction of sp³-hybridized carbons (Fsp3) is 0.692. The van der Waals surface area contributed by atoms with E-state index in [0.29, 0.717) is 18.5 Å². The van der Waals surface area contributed by atoms with Crippen LogP contribution in [0.3, 0.4) is 0 Å². The molecule has 0 bridgehead atoms. The summed E-state index contributed by atoms with van der Waals surface area (Å²) >= 11 is 1.65. The first kappa shape index (κ1) is 19.4. The van der Waals surface area contributed by atoms with Gasteiger partial charge in [0.2, 0.25) is 0 Å². The van der Waals surface area contributed by atoms with Crippen molar-refractivity contribution in [2.75, 3.05) is 26.0 Å². The molecular weight excluding hydrogens is 385 g/mol. The molecule has 0 aliphatic rings. The van der Waals surface area contributed by atoms with Crippen LogP contribution < -0.4 is 15.5 Å². The molecule has 0 saturated carbocycles. The summed E-state index contributed by atoms with van der Waals surface area (Å²) < 4.78 is 0. The summed E-state index contributed by atoms with van der Waals surface area (Å²) in [7, 11) is 5.79. The fourth-order valence-corrected chi connectivity index (χ4v) is 2.09. The van der Waals surface area contributed by atoms with Crippen molar-refractivity contribution in [2.24, 2.45) is 10.9 Å². The average molecular weight is 411 g/mol. The number of nitrogens with one attached hydrogen (secondary N) is 2. The third kappa shape index (κ3) is 6.25. The minimum Gasteiger partial charge on any atom is -0.354 e. The van der Waals surface area contributed by atoms with E-state index in [1.807, 2.05) is 19.0 Å². The Balaban J connectivity index is 0.00000361. The Kier molecular flexibility index (Phi) is 9.11. The van der Waals surface area contributed by atoms with Crippen molar-refractivity contribution in [3.05, 3.63) is 11.1 Å². The molecule has 1 unspecified atom stereocenters. The Morgan fingerprint density at radius 3 is 2.50 bits per heavy atom. The molecular formula is C13H26IN5S. The molecule has 7 heteroatoms. The zero-order valence-corrected chi connectivity index (χ0v) is 16.2. The van der Waals surface area contributed by atoms with E-state index in [9.17, 15) is 0 Å². The van der Waals surface area contributed by atoms with E-state index in [1.54, 1.807) is 18.4 Å². The lowest BCUT2D eigenvalue weighted by Gasteiger charge is -2.20. The Morgan fingerprint density at radius 2 is 2.05 bits per heavy atom. The van der Waals surface area contributed by atoms with Gasteiger partial charge in [-0.2, -0.15) is 0 Å². The number of aliphatic imine (C=N–C) groups is 1. The second kappa shape index (κ2) is 9.38. The summed E-state index contributed by atoms with van der Waals surface area (Å²) in [6.45, 7) is 7.23. The monoisotopic (exact) mass is 411 g/mol. The van der Waals surface area contributed by atoms with Crippen molar-refractivity contribution >= 4 is 46.4 Å². The second-order valence-electron chi connectivity index (χ2n) is 5.12. The maximum atomic E-state index is 4.53. The Bertz CT molecular complexity index is 417. The van der Waals surface area contributed by atoms with Crippen LogP contribution in [0.5, 0.6) is 0 Å². The Morgan fingerprint density at radius 1 is 1.40 bits per heavy atom. The van der Waals surface area contributed by atoms with Gasteiger partial charge in [0.25, 0.3) is 0 Å². The van der Waals surface area contributed by atoms with Crippen LogP contribution in [0.4, 0.5) is 5.13 Å². The highest BCUT2D eigenvalue weighted by Gasteiger charge is 2.09. The van der Waals surface area contributed by atoms with Gasteiger partial charge in [-0.25, -0.2) is 4.98 Å². The number of nitrogens with zero attached hydrogens (tertiary/aromatic N) is 3. The smallest absolute Gasteiger partial charge is 0.191 e. The molecule has 1 aromatic rings. The van der Waals surface area contributed by atoms with Crippen LogP contribution in [0.15, 0.2) is 10.4 Å². The van der Waals surface area contributed by atoms with Crippen molar-refractivity contribution in [1.82, 2.24) is 15.6 Å². The van der Waals surface area contributed by atoms with Gasteiger partial charge in [-0.15, -0.1) is 35.3 Å². The van der Waals surface area contributed by atoms with E-state index in [-0.39, 0.29) is 24.0 Å². The Hall–Kier alpha value is -0.570. The van der Waals surface area contributed by atoms with Crippen LogP contribution in [0.25, 0.3) is 0 Å². The molecule has 0 amide bonds. The fourth-order valence-electron chi connectivity index (χ4n) is 1.33. The van der Waals surface area contributed by atoms with Gasteiger partial charge in [-0.3, -0.25) is 4.99 Å². The zero-order valence-electron chi connectivity index (χ0n) is 13.1. The molecule has 0 aliphatic heterocycles. The number of halogens is 1. The molecule has 0 aromatic carbocycles. The summed E-state index contributed by atoms with van der Waals surface area (Å²) in [4.78, 5) is 10.8. The molecule has 0 saturated heterocycles. The molecule has 0 fully saturated rings. The third-order valence-corrected chi connectivity index (χ3v) is 4.00. The molecule has 116 valence electrons. The molecule has 1 aromatic heterocycles. The number of guanidine groups is 1. The van der Waals surface area contributed by atoms with E-state index in [1.165, 1.54) is 0 Å². The quantitative estimate of drug-likeness (QED) is 0.444. The average Bonchev–Trinajstić information content (AvgIpc) is 2.82. The highest BCUT2D eigenvalue weighted by Crippen LogP contribution is 2.17. The summed E-state index contributed by atoms with van der Waals surface area (Å²) in [6.07, 6.45) is 0. The van der Waals surface area contributed by atoms with E-state index >= 15 is 0 Å². The van der Waals surface area contributed by atoms with Crippen LogP contribution in [0.1, 0.15) is 26.5 Å². The van der Waals surface area contributed by atoms with Gasteiger partial charge in [0.1, 0.15) is 0 Å². The first-order chi connectivity index (χ1) is 8.93. The lowest BCUT2D eigenvalue weighted by molar-refractivity contribution is 0.480. The normalized spacial score (nSPS) is 12.8. The summed E-state index contributed by atoms with van der Waals surface area (Å²) in [6, 6.07) is 0.388. The van der Waals surface area contributed by atoms with Gasteiger partial charge in [-0.1, -0.05) is 13.8 Å². The van der Waals surface area contributed by atoms with Crippen LogP contribution in [-0.4, -0.2) is 38.1 Å². The van der Waals surface area contributed by atoms with E-state index in [0.717, 1.165) is 16.8 Å². The number of hydrogen-bond acceptors (Lipinski definition) is 4. The number of rotatable bonds is 5. The highest BCUT2D eigenvalue weighted by molar-refractivity contribution is 14.0. The molecule has 2 N–H and O–H groups in total. The van der Waals surface area contributed by atoms with Gasteiger partial charge in [0.05, 0.1) is 12.2 Å². The Labute approximate surface area is 143 Å². The summed E-state index contributed by atoms with van der Waals surface area (Å²) in [5, 5.41) is 9.75. The second-order valence-corrected chi connectivity index (χ2v) is 5.96. The van der Waals surface area contributed by atoms with Crippen molar-refractivity contribution in [3.8, 4) is 0 Å². The first-order valence-corrected chi connectivity index (χ1v) is 7.41. The lowest BCUT2D eigenvalue weighted by Crippen LogP contribution is -2.43. The van der Waals surface area contributed by atoms with Gasteiger partial charge in [0, 0.05) is 32.6 Å². The van der Waals surface area contributed by atoms with E-state index in [2.05, 4.69) is 46.8 Å². The summed E-state index contributed by atoms with van der Waals surface area (Å²) in [5.74, 6) is 1.39. The third-order valence-electron chi connectivity index (χ3n) is 2.95. The number of aromatic nitrogens is 1. The molecule has 0 radical (unpaired) electrons. The maximum Gasteiger partial charge on any atom is 0.191 e. The van der Waals surface area contributed by atoms with Gasteiger partial charge < -0.3 is 15.5 Å². The first-order valence-electron chi connectivity index (χ1n) is 6.53. The standard InChI is InChI=1S/C13H25N5S.HI/c1-9(2)10(3)16-12(14-4)15-7-11-8-19-13(17-11)18(5)6;/h8-10H,7H2,1-6H3,(H2,14,15,16);1H. The minimum absolute atomic E-state index is 0. The van der Waals surface area contributed by atoms with Crippen LogP contribution in [0, 0.1) is 5.92 Å². The van der Waals surface area contributed by atoms with Crippen molar-refractivity contribution < 1.29 is 0 Å². The lowest BCUT2D eigenvalue weighted by atomic mass is 10.1. The van der Waals surface area contributed by atoms with Crippen molar-refractivity contribution in [3.63, 3.8) is 0 Å². The molecule has 20 heavy (non-hydrogen) atoms. The van der Waals surface area contributed by atoms with Crippen molar-refractivity contribution in [2.45, 2.75) is 33.4 Å². The van der Waals surface area contributed by atoms with Crippen LogP contribution in [0.2, 0.25) is 0 Å².